The van der Waals surface area contributed by atoms with Gasteiger partial charge in [0.1, 0.15) is 0 Å². The molecule has 114 valence electrons. The van der Waals surface area contributed by atoms with Gasteiger partial charge in [-0.1, -0.05) is 42.3 Å². The maximum Gasteiger partial charge on any atom is 0.0414 e. The lowest BCUT2D eigenvalue weighted by atomic mass is 10.1. The van der Waals surface area contributed by atoms with E-state index < -0.39 is 0 Å². The third kappa shape index (κ3) is 4.41. The van der Waals surface area contributed by atoms with Crippen LogP contribution in [0.25, 0.3) is 10.4 Å². The Morgan fingerprint density at radius 2 is 1.95 bits per heavy atom. The van der Waals surface area contributed by atoms with Crippen molar-refractivity contribution in [2.75, 3.05) is 6.54 Å². The van der Waals surface area contributed by atoms with E-state index in [1.165, 1.54) is 40.1 Å². The maximum atomic E-state index is 3.68. The quantitative estimate of drug-likeness (QED) is 0.604. The minimum atomic E-state index is 0.504. The smallest absolute Gasteiger partial charge is 0.0414 e. The summed E-state index contributed by atoms with van der Waals surface area (Å²) in [5.74, 6) is 0. The second-order valence-electron chi connectivity index (χ2n) is 5.46. The van der Waals surface area contributed by atoms with E-state index in [-0.39, 0.29) is 0 Å². The van der Waals surface area contributed by atoms with Crippen LogP contribution < -0.4 is 5.32 Å². The van der Waals surface area contributed by atoms with Gasteiger partial charge in [-0.25, -0.2) is 0 Å². The van der Waals surface area contributed by atoms with Crippen LogP contribution in [0.15, 0.2) is 34.8 Å². The third-order valence-corrected chi connectivity index (χ3v) is 5.37. The Bertz CT molecular complexity index is 576. The molecule has 1 atom stereocenters. The van der Waals surface area contributed by atoms with E-state index >= 15 is 0 Å². The molecule has 0 amide bonds. The summed E-state index contributed by atoms with van der Waals surface area (Å²) in [5, 5.41) is 3.68. The standard InChI is InChI=1S/C18H24BrNS/c1-4-6-16(20-11-5-2)18-10-9-17(21-18)15-8-7-14(19)12-13(15)3/h7-10,12,16,20H,4-6,11H2,1-3H3. The molecule has 1 unspecified atom stereocenters. The zero-order chi connectivity index (χ0) is 15.2. The highest BCUT2D eigenvalue weighted by molar-refractivity contribution is 9.10. The summed E-state index contributed by atoms with van der Waals surface area (Å²) in [7, 11) is 0. The molecule has 2 aromatic rings. The van der Waals surface area contributed by atoms with Gasteiger partial charge < -0.3 is 5.32 Å². The summed E-state index contributed by atoms with van der Waals surface area (Å²) < 4.78 is 1.15. The normalized spacial score (nSPS) is 12.6. The molecule has 3 heteroatoms. The van der Waals surface area contributed by atoms with Gasteiger partial charge in [0.2, 0.25) is 0 Å². The van der Waals surface area contributed by atoms with Crippen LogP contribution in [0.3, 0.4) is 0 Å². The Kier molecular flexibility index (Phi) is 6.46. The minimum absolute atomic E-state index is 0.504. The summed E-state index contributed by atoms with van der Waals surface area (Å²) in [4.78, 5) is 2.83. The van der Waals surface area contributed by atoms with Crippen LogP contribution in [0.4, 0.5) is 0 Å². The summed E-state index contributed by atoms with van der Waals surface area (Å²) in [5.41, 5.74) is 2.67. The second-order valence-corrected chi connectivity index (χ2v) is 7.49. The highest BCUT2D eigenvalue weighted by atomic mass is 79.9. The first-order valence-electron chi connectivity index (χ1n) is 7.75. The Labute approximate surface area is 140 Å². The first kappa shape index (κ1) is 16.7. The topological polar surface area (TPSA) is 12.0 Å². The van der Waals surface area contributed by atoms with Gasteiger partial charge in [-0.2, -0.15) is 0 Å². The van der Waals surface area contributed by atoms with Gasteiger partial charge in [-0.3, -0.25) is 0 Å². The average molecular weight is 366 g/mol. The van der Waals surface area contributed by atoms with Crippen molar-refractivity contribution in [2.24, 2.45) is 0 Å². The molecular formula is C18H24BrNS. The van der Waals surface area contributed by atoms with Crippen molar-refractivity contribution in [3.8, 4) is 10.4 Å². The first-order valence-corrected chi connectivity index (χ1v) is 9.36. The lowest BCUT2D eigenvalue weighted by molar-refractivity contribution is 0.501. The van der Waals surface area contributed by atoms with Gasteiger partial charge in [0.25, 0.3) is 0 Å². The van der Waals surface area contributed by atoms with Crippen LogP contribution in [0.5, 0.6) is 0 Å². The van der Waals surface area contributed by atoms with Gasteiger partial charge in [-0.05, 0) is 61.7 Å². The van der Waals surface area contributed by atoms with E-state index in [4.69, 9.17) is 0 Å². The summed E-state index contributed by atoms with van der Waals surface area (Å²) >= 11 is 5.47. The fraction of sp³-hybridized carbons (Fsp3) is 0.444. The molecule has 0 saturated carbocycles. The molecule has 21 heavy (non-hydrogen) atoms. The van der Waals surface area contributed by atoms with Gasteiger partial charge in [0.05, 0.1) is 0 Å². The van der Waals surface area contributed by atoms with Gasteiger partial charge in [0.15, 0.2) is 0 Å². The number of hydrogen-bond donors (Lipinski definition) is 1. The van der Waals surface area contributed by atoms with Crippen LogP contribution in [0, 0.1) is 6.92 Å². The Balaban J connectivity index is 2.22. The molecule has 1 aromatic heterocycles. The predicted octanol–water partition coefficient (Wildman–Crippen LogP) is 6.33. The van der Waals surface area contributed by atoms with Crippen molar-refractivity contribution in [3.05, 3.63) is 45.2 Å². The van der Waals surface area contributed by atoms with Crippen molar-refractivity contribution in [3.63, 3.8) is 0 Å². The van der Waals surface area contributed by atoms with E-state index in [2.05, 4.69) is 72.3 Å². The number of benzene rings is 1. The van der Waals surface area contributed by atoms with Crippen LogP contribution >= 0.6 is 27.3 Å². The van der Waals surface area contributed by atoms with Crippen LogP contribution in [0.2, 0.25) is 0 Å². The number of halogens is 1. The van der Waals surface area contributed by atoms with Crippen LogP contribution in [-0.2, 0) is 0 Å². The molecule has 0 radical (unpaired) electrons. The molecule has 1 N–H and O–H groups in total. The SMILES string of the molecule is CCCNC(CCC)c1ccc(-c2ccc(Br)cc2C)s1. The minimum Gasteiger partial charge on any atom is -0.309 e. The van der Waals surface area contributed by atoms with Crippen LogP contribution in [-0.4, -0.2) is 6.54 Å². The Hall–Kier alpha value is -0.640. The van der Waals surface area contributed by atoms with E-state index in [1.807, 2.05) is 11.3 Å². The highest BCUT2D eigenvalue weighted by Gasteiger charge is 2.13. The van der Waals surface area contributed by atoms with Crippen molar-refractivity contribution < 1.29 is 0 Å². The molecule has 1 aromatic carbocycles. The lowest BCUT2D eigenvalue weighted by Gasteiger charge is -2.16. The molecule has 0 saturated heterocycles. The Morgan fingerprint density at radius 3 is 2.62 bits per heavy atom. The molecule has 0 aliphatic rings. The number of aryl methyl sites for hydroxylation is 1. The Morgan fingerprint density at radius 1 is 1.14 bits per heavy atom. The van der Waals surface area contributed by atoms with E-state index in [0.717, 1.165) is 11.0 Å². The third-order valence-electron chi connectivity index (χ3n) is 3.64. The van der Waals surface area contributed by atoms with Gasteiger partial charge in [-0.15, -0.1) is 11.3 Å². The van der Waals surface area contributed by atoms with Crippen molar-refractivity contribution in [1.29, 1.82) is 0 Å². The molecule has 0 aliphatic heterocycles. The fourth-order valence-corrected chi connectivity index (χ4v) is 4.22. The van der Waals surface area contributed by atoms with Crippen LogP contribution in [0.1, 0.15) is 49.6 Å². The first-order chi connectivity index (χ1) is 10.2. The molecular weight excluding hydrogens is 342 g/mol. The monoisotopic (exact) mass is 365 g/mol. The maximum absolute atomic E-state index is 3.68. The number of hydrogen-bond acceptors (Lipinski definition) is 2. The highest BCUT2D eigenvalue weighted by Crippen LogP contribution is 2.35. The van der Waals surface area contributed by atoms with Gasteiger partial charge in [0, 0.05) is 20.3 Å². The molecule has 0 bridgehead atoms. The number of rotatable bonds is 7. The zero-order valence-electron chi connectivity index (χ0n) is 13.1. The van der Waals surface area contributed by atoms with Crippen molar-refractivity contribution in [2.45, 2.75) is 46.1 Å². The second kappa shape index (κ2) is 8.11. The molecule has 0 fully saturated rings. The fourth-order valence-electron chi connectivity index (χ4n) is 2.54. The molecule has 0 aliphatic carbocycles. The number of nitrogens with one attached hydrogen (secondary N) is 1. The van der Waals surface area contributed by atoms with E-state index in [9.17, 15) is 0 Å². The molecule has 0 spiro atoms. The van der Waals surface area contributed by atoms with Crippen molar-refractivity contribution in [1.82, 2.24) is 5.32 Å². The predicted molar refractivity (Wildman–Crippen MR) is 98.1 cm³/mol. The zero-order valence-corrected chi connectivity index (χ0v) is 15.5. The summed E-state index contributed by atoms with van der Waals surface area (Å²) in [6, 6.07) is 11.6. The number of thiophene rings is 1. The van der Waals surface area contributed by atoms with Gasteiger partial charge >= 0.3 is 0 Å². The van der Waals surface area contributed by atoms with Crippen molar-refractivity contribution >= 4 is 27.3 Å². The lowest BCUT2D eigenvalue weighted by Crippen LogP contribution is -2.21. The average Bonchev–Trinajstić information content (AvgIpc) is 2.93. The molecule has 1 nitrogen and oxygen atoms in total. The summed E-state index contributed by atoms with van der Waals surface area (Å²) in [6.45, 7) is 7.75. The molecule has 2 rings (SSSR count). The largest absolute Gasteiger partial charge is 0.309 e. The van der Waals surface area contributed by atoms with E-state index in [1.54, 1.807) is 0 Å². The molecule has 1 heterocycles. The van der Waals surface area contributed by atoms with E-state index in [0.29, 0.717) is 6.04 Å². The summed E-state index contributed by atoms with van der Waals surface area (Å²) in [6.07, 6.45) is 3.61.